The zero-order valence-electron chi connectivity index (χ0n) is 10.6. The Morgan fingerprint density at radius 1 is 1.44 bits per heavy atom. The minimum absolute atomic E-state index is 0.101. The largest absolute Gasteiger partial charge is 0.396 e. The number of hydrogen-bond acceptors (Lipinski definition) is 5. The highest BCUT2D eigenvalue weighted by atomic mass is 16.3. The lowest BCUT2D eigenvalue weighted by atomic mass is 10.1. The number of rotatable bonds is 7. The SMILES string of the molecule is OCCCn1cc(CNCC2CCC(O)C2)nn1. The first-order valence-electron chi connectivity index (χ1n) is 6.66. The molecule has 0 radical (unpaired) electrons. The molecule has 1 aromatic rings. The van der Waals surface area contributed by atoms with E-state index in [2.05, 4.69) is 15.6 Å². The highest BCUT2D eigenvalue weighted by molar-refractivity contribution is 4.91. The number of nitrogens with one attached hydrogen (secondary N) is 1. The Hall–Kier alpha value is -0.980. The Balaban J connectivity index is 1.65. The minimum atomic E-state index is -0.101. The highest BCUT2D eigenvalue weighted by Gasteiger charge is 2.22. The topological polar surface area (TPSA) is 83.2 Å². The van der Waals surface area contributed by atoms with Crippen molar-refractivity contribution in [2.24, 2.45) is 5.92 Å². The lowest BCUT2D eigenvalue weighted by molar-refractivity contribution is 0.177. The average Bonchev–Trinajstić information content (AvgIpc) is 2.96. The molecule has 1 saturated carbocycles. The fraction of sp³-hybridized carbons (Fsp3) is 0.833. The van der Waals surface area contributed by atoms with Crippen molar-refractivity contribution in [1.82, 2.24) is 20.3 Å². The molecule has 18 heavy (non-hydrogen) atoms. The molecule has 3 N–H and O–H groups in total. The summed E-state index contributed by atoms with van der Waals surface area (Å²) in [6.45, 7) is 2.53. The average molecular weight is 254 g/mol. The molecule has 6 nitrogen and oxygen atoms in total. The fourth-order valence-electron chi connectivity index (χ4n) is 2.40. The Labute approximate surface area is 107 Å². The number of nitrogens with zero attached hydrogens (tertiary/aromatic N) is 3. The molecule has 2 atom stereocenters. The number of aromatic nitrogens is 3. The Morgan fingerprint density at radius 2 is 2.33 bits per heavy atom. The van der Waals surface area contributed by atoms with E-state index in [9.17, 15) is 5.11 Å². The first-order valence-corrected chi connectivity index (χ1v) is 6.66. The summed E-state index contributed by atoms with van der Waals surface area (Å²) in [6.07, 6.45) is 5.47. The molecule has 6 heteroatoms. The smallest absolute Gasteiger partial charge is 0.0964 e. The van der Waals surface area contributed by atoms with Crippen LogP contribution >= 0.6 is 0 Å². The van der Waals surface area contributed by atoms with E-state index in [0.29, 0.717) is 25.4 Å². The van der Waals surface area contributed by atoms with Gasteiger partial charge in [-0.3, -0.25) is 4.68 Å². The van der Waals surface area contributed by atoms with Crippen molar-refractivity contribution < 1.29 is 10.2 Å². The van der Waals surface area contributed by atoms with Gasteiger partial charge in [0.05, 0.1) is 11.8 Å². The second-order valence-electron chi connectivity index (χ2n) is 5.01. The molecule has 0 saturated heterocycles. The quantitative estimate of drug-likeness (QED) is 0.633. The first kappa shape index (κ1) is 13.5. The van der Waals surface area contributed by atoms with E-state index in [4.69, 9.17) is 5.11 Å². The summed E-state index contributed by atoms with van der Waals surface area (Å²) in [7, 11) is 0. The van der Waals surface area contributed by atoms with Crippen molar-refractivity contribution in [2.75, 3.05) is 13.2 Å². The zero-order valence-corrected chi connectivity index (χ0v) is 10.6. The lowest BCUT2D eigenvalue weighted by Gasteiger charge is -2.09. The van der Waals surface area contributed by atoms with Crippen LogP contribution in [0.15, 0.2) is 6.20 Å². The van der Waals surface area contributed by atoms with E-state index in [1.165, 1.54) is 0 Å². The van der Waals surface area contributed by atoms with E-state index in [0.717, 1.165) is 31.5 Å². The van der Waals surface area contributed by atoms with E-state index < -0.39 is 0 Å². The van der Waals surface area contributed by atoms with Gasteiger partial charge in [-0.05, 0) is 38.1 Å². The molecule has 1 aliphatic carbocycles. The molecule has 0 bridgehead atoms. The van der Waals surface area contributed by atoms with Crippen molar-refractivity contribution in [2.45, 2.75) is 44.9 Å². The van der Waals surface area contributed by atoms with Gasteiger partial charge in [0.15, 0.2) is 0 Å². The van der Waals surface area contributed by atoms with E-state index in [-0.39, 0.29) is 12.7 Å². The van der Waals surface area contributed by atoms with Crippen molar-refractivity contribution in [1.29, 1.82) is 0 Å². The lowest BCUT2D eigenvalue weighted by Crippen LogP contribution is -2.21. The summed E-state index contributed by atoms with van der Waals surface area (Å²) in [5, 5.41) is 29.6. The van der Waals surface area contributed by atoms with Crippen LogP contribution < -0.4 is 5.32 Å². The predicted octanol–water partition coefficient (Wildman–Crippen LogP) is -0.0889. The fourth-order valence-corrected chi connectivity index (χ4v) is 2.40. The van der Waals surface area contributed by atoms with Crippen LogP contribution in [0.4, 0.5) is 0 Å². The third-order valence-corrected chi connectivity index (χ3v) is 3.38. The molecule has 0 aromatic carbocycles. The van der Waals surface area contributed by atoms with Crippen LogP contribution in [-0.2, 0) is 13.1 Å². The predicted molar refractivity (Wildman–Crippen MR) is 66.8 cm³/mol. The number of aryl methyl sites for hydroxylation is 1. The van der Waals surface area contributed by atoms with Crippen LogP contribution in [0.2, 0.25) is 0 Å². The normalized spacial score (nSPS) is 23.7. The second-order valence-corrected chi connectivity index (χ2v) is 5.01. The minimum Gasteiger partial charge on any atom is -0.396 e. The summed E-state index contributed by atoms with van der Waals surface area (Å²) in [5.41, 5.74) is 0.923. The van der Waals surface area contributed by atoms with Gasteiger partial charge >= 0.3 is 0 Å². The summed E-state index contributed by atoms with van der Waals surface area (Å²) in [6, 6.07) is 0. The molecule has 1 fully saturated rings. The molecule has 0 aliphatic heterocycles. The zero-order chi connectivity index (χ0) is 12.8. The molecule has 0 amide bonds. The van der Waals surface area contributed by atoms with Gasteiger partial charge in [0.25, 0.3) is 0 Å². The van der Waals surface area contributed by atoms with Gasteiger partial charge in [0.2, 0.25) is 0 Å². The number of aliphatic hydroxyl groups excluding tert-OH is 2. The third kappa shape index (κ3) is 4.04. The van der Waals surface area contributed by atoms with Gasteiger partial charge in [-0.15, -0.1) is 5.10 Å². The van der Waals surface area contributed by atoms with Crippen LogP contribution in [0.25, 0.3) is 0 Å². The Bertz CT molecular complexity index is 356. The van der Waals surface area contributed by atoms with Gasteiger partial charge in [-0.1, -0.05) is 5.21 Å². The van der Waals surface area contributed by atoms with Gasteiger partial charge in [0.1, 0.15) is 0 Å². The van der Waals surface area contributed by atoms with Gasteiger partial charge in [0, 0.05) is 25.9 Å². The molecule has 1 aliphatic rings. The highest BCUT2D eigenvalue weighted by Crippen LogP contribution is 2.24. The second kappa shape index (κ2) is 6.82. The van der Waals surface area contributed by atoms with Crippen molar-refractivity contribution in [3.63, 3.8) is 0 Å². The van der Waals surface area contributed by atoms with E-state index >= 15 is 0 Å². The van der Waals surface area contributed by atoms with Crippen LogP contribution in [0, 0.1) is 5.92 Å². The summed E-state index contributed by atoms with van der Waals surface area (Å²) in [4.78, 5) is 0. The molecule has 1 heterocycles. The van der Waals surface area contributed by atoms with Crippen LogP contribution in [0.3, 0.4) is 0 Å². The third-order valence-electron chi connectivity index (χ3n) is 3.38. The Kier molecular flexibility index (Phi) is 5.10. The van der Waals surface area contributed by atoms with Gasteiger partial charge in [-0.25, -0.2) is 0 Å². The number of hydrogen-bond donors (Lipinski definition) is 3. The summed E-state index contributed by atoms with van der Waals surface area (Å²) in [5.74, 6) is 0.587. The van der Waals surface area contributed by atoms with Crippen LogP contribution in [-0.4, -0.2) is 44.5 Å². The standard InChI is InChI=1S/C12H22N4O2/c17-5-1-4-16-9-11(14-15-16)8-13-7-10-2-3-12(18)6-10/h9-10,12-13,17-18H,1-8H2. The maximum Gasteiger partial charge on any atom is 0.0964 e. The van der Waals surface area contributed by atoms with E-state index in [1.54, 1.807) is 4.68 Å². The van der Waals surface area contributed by atoms with Crippen molar-refractivity contribution in [3.8, 4) is 0 Å². The maximum atomic E-state index is 9.43. The summed E-state index contributed by atoms with van der Waals surface area (Å²) < 4.78 is 1.76. The maximum absolute atomic E-state index is 9.43. The first-order chi connectivity index (χ1) is 8.78. The molecule has 102 valence electrons. The molecule has 1 aromatic heterocycles. The van der Waals surface area contributed by atoms with Crippen molar-refractivity contribution >= 4 is 0 Å². The van der Waals surface area contributed by atoms with Crippen LogP contribution in [0.5, 0.6) is 0 Å². The Morgan fingerprint density at radius 3 is 3.06 bits per heavy atom. The monoisotopic (exact) mass is 254 g/mol. The van der Waals surface area contributed by atoms with E-state index in [1.807, 2.05) is 6.20 Å². The molecule has 2 unspecified atom stereocenters. The number of aliphatic hydroxyl groups is 2. The van der Waals surface area contributed by atoms with Gasteiger partial charge < -0.3 is 15.5 Å². The molecular formula is C12H22N4O2. The molecular weight excluding hydrogens is 232 g/mol. The van der Waals surface area contributed by atoms with Gasteiger partial charge in [-0.2, -0.15) is 0 Å². The molecule has 2 rings (SSSR count). The van der Waals surface area contributed by atoms with Crippen LogP contribution in [0.1, 0.15) is 31.4 Å². The van der Waals surface area contributed by atoms with Crippen molar-refractivity contribution in [3.05, 3.63) is 11.9 Å². The summed E-state index contributed by atoms with van der Waals surface area (Å²) >= 11 is 0. The molecule has 0 spiro atoms.